The van der Waals surface area contributed by atoms with Crippen LogP contribution in [0.15, 0.2) is 85.1 Å². The van der Waals surface area contributed by atoms with Gasteiger partial charge in [0.2, 0.25) is 59.1 Å². The Morgan fingerprint density at radius 1 is 0.616 bits per heavy atom. The molecule has 1 saturated heterocycles. The quantitative estimate of drug-likeness (QED) is 0.0224. The van der Waals surface area contributed by atoms with Gasteiger partial charge in [0.25, 0.3) is 0 Å². The van der Waals surface area contributed by atoms with Gasteiger partial charge in [-0.2, -0.15) is 31.9 Å². The van der Waals surface area contributed by atoms with Gasteiger partial charge in [-0.25, -0.2) is 0 Å². The van der Waals surface area contributed by atoms with Crippen LogP contribution in [0.25, 0.3) is 10.9 Å². The Balaban J connectivity index is 1.35. The molecule has 1 aliphatic rings. The highest BCUT2D eigenvalue weighted by atomic mass is 32.3. The standard InChI is InChI=1S/C54H67N11O18S3/c1-84-20-18-36(60-51(76)39(23-30-12-14-32(15-13-30)83-86(80,81)82)63-54(79)42(26-46(70)71)64-49(74)35-16-17-43(66)58-35)48(73)57-28-44(67)59-40(24-31-27-56-34-11-7-6-10-33(31)34)52(77)61-37(19-21-85-2)50(75)65-41(25-45(68)69)53(78)62-38(47(55)72)22-29-8-4-3-5-9-29/h3-15,27,35-42,56H,16-26,28H2,1-2H3,(H2,55,72)(H,57,73)(H,58,66)(H,59,67)(H,60,76)(H,61,77)(H,62,78)(H,63,79)(H,64,74)(H,65,75)(H,68,69)(H,70,71)(H,80,81,82)/t35-,36-,37-,38-,39-,40-,41-,42-/m0/s1. The van der Waals surface area contributed by atoms with Crippen LogP contribution in [0.1, 0.15) is 55.2 Å². The lowest BCUT2D eigenvalue weighted by Crippen LogP contribution is -2.59. The first-order chi connectivity index (χ1) is 40.8. The van der Waals surface area contributed by atoms with E-state index in [4.69, 9.17) is 10.3 Å². The molecule has 1 aromatic heterocycles. The topological polar surface area (TPSA) is 459 Å². The van der Waals surface area contributed by atoms with Gasteiger partial charge in [-0.15, -0.1) is 0 Å². The van der Waals surface area contributed by atoms with E-state index in [0.29, 0.717) is 22.0 Å². The second kappa shape index (κ2) is 33.1. The van der Waals surface area contributed by atoms with Crippen molar-refractivity contribution < 1.29 is 84.9 Å². The highest BCUT2D eigenvalue weighted by Gasteiger charge is 2.36. The first-order valence-corrected chi connectivity index (χ1v) is 30.7. The monoisotopic (exact) mass is 1250 g/mol. The Hall–Kier alpha value is -8.75. The number of aliphatic carboxylic acids is 2. The van der Waals surface area contributed by atoms with Crippen molar-refractivity contribution in [2.45, 2.75) is 106 Å². The summed E-state index contributed by atoms with van der Waals surface area (Å²) in [5.41, 5.74) is 7.64. The molecule has 0 aliphatic carbocycles. The van der Waals surface area contributed by atoms with Crippen molar-refractivity contribution in [3.63, 3.8) is 0 Å². The van der Waals surface area contributed by atoms with E-state index in [2.05, 4.69) is 57.0 Å². The summed E-state index contributed by atoms with van der Waals surface area (Å²) >= 11 is 2.57. The van der Waals surface area contributed by atoms with Crippen LogP contribution in [0, 0.1) is 0 Å². The summed E-state index contributed by atoms with van der Waals surface area (Å²) in [6, 6.07) is 8.32. The van der Waals surface area contributed by atoms with Crippen molar-refractivity contribution in [1.29, 1.82) is 0 Å². The van der Waals surface area contributed by atoms with Gasteiger partial charge in [0.15, 0.2) is 0 Å². The summed E-state index contributed by atoms with van der Waals surface area (Å²) in [5, 5.41) is 42.2. The lowest BCUT2D eigenvalue weighted by atomic mass is 10.0. The summed E-state index contributed by atoms with van der Waals surface area (Å²) in [6.07, 6.45) is 2.36. The molecule has 10 amide bonds. The molecular weight excluding hydrogens is 1190 g/mol. The van der Waals surface area contributed by atoms with Crippen molar-refractivity contribution in [2.24, 2.45) is 5.73 Å². The summed E-state index contributed by atoms with van der Waals surface area (Å²) in [5.74, 6) is -12.1. The minimum Gasteiger partial charge on any atom is -0.481 e. The number of benzene rings is 3. The molecule has 29 nitrogen and oxygen atoms in total. The number of aromatic amines is 1. The van der Waals surface area contributed by atoms with Gasteiger partial charge in [0, 0.05) is 42.8 Å². The number of carbonyl (C=O) groups excluding carboxylic acids is 10. The summed E-state index contributed by atoms with van der Waals surface area (Å²) in [7, 11) is -4.94. The van der Waals surface area contributed by atoms with E-state index in [9.17, 15) is 76.2 Å². The van der Waals surface area contributed by atoms with Crippen LogP contribution in [0.4, 0.5) is 0 Å². The van der Waals surface area contributed by atoms with E-state index in [1.165, 1.54) is 35.7 Å². The van der Waals surface area contributed by atoms with Crippen molar-refractivity contribution in [2.75, 3.05) is 30.6 Å². The Morgan fingerprint density at radius 3 is 1.66 bits per heavy atom. The van der Waals surface area contributed by atoms with Gasteiger partial charge in [-0.05, 0) is 78.2 Å². The normalized spacial score (nSPS) is 15.3. The van der Waals surface area contributed by atoms with Crippen LogP contribution in [0.5, 0.6) is 5.75 Å². The first kappa shape index (κ1) is 68.0. The number of rotatable bonds is 35. The van der Waals surface area contributed by atoms with E-state index >= 15 is 0 Å². The Kier molecular flexibility index (Phi) is 26.2. The predicted molar refractivity (Wildman–Crippen MR) is 312 cm³/mol. The van der Waals surface area contributed by atoms with Crippen LogP contribution >= 0.6 is 23.5 Å². The molecule has 2 heterocycles. The van der Waals surface area contributed by atoms with Gasteiger partial charge < -0.3 is 73.0 Å². The average Bonchev–Trinajstić information content (AvgIpc) is 3.20. The fourth-order valence-electron chi connectivity index (χ4n) is 8.81. The van der Waals surface area contributed by atoms with Crippen LogP contribution in [-0.4, -0.2) is 178 Å². The third kappa shape index (κ3) is 22.3. The molecule has 464 valence electrons. The molecule has 0 radical (unpaired) electrons. The minimum absolute atomic E-state index is 0.00426. The zero-order chi connectivity index (χ0) is 63.1. The van der Waals surface area contributed by atoms with Gasteiger partial charge in [-0.1, -0.05) is 60.7 Å². The fourth-order valence-corrected chi connectivity index (χ4v) is 10.1. The number of para-hydroxylation sites is 1. The Bertz CT molecular complexity index is 3220. The SMILES string of the molecule is CSCC[C@H](NC(=O)[C@H](Cc1ccc(OS(=O)(=O)O)cc1)NC(=O)[C@H](CC(=O)O)NC(=O)[C@@H]1CCC(=O)N1)C(=O)NCC(=O)N[C@@H](Cc1c[nH]c2ccccc12)C(=O)N[C@@H](CCSC)C(=O)N[C@@H](CC(=O)O)C(=O)N[C@@H](Cc1ccccc1)C(N)=O. The molecule has 0 bridgehead atoms. The third-order valence-electron chi connectivity index (χ3n) is 13.1. The Morgan fingerprint density at radius 2 is 1.10 bits per heavy atom. The van der Waals surface area contributed by atoms with E-state index in [0.717, 1.165) is 12.1 Å². The second-order valence-corrected chi connectivity index (χ2v) is 22.6. The average molecular weight is 1250 g/mol. The zero-order valence-electron chi connectivity index (χ0n) is 46.5. The van der Waals surface area contributed by atoms with Crippen LogP contribution < -0.4 is 57.8 Å². The van der Waals surface area contributed by atoms with Crippen LogP contribution in [-0.2, 0) is 87.2 Å². The van der Waals surface area contributed by atoms with Gasteiger partial charge >= 0.3 is 22.3 Å². The largest absolute Gasteiger partial charge is 0.481 e. The maximum atomic E-state index is 14.4. The van der Waals surface area contributed by atoms with E-state index < -0.39 is 156 Å². The molecule has 0 unspecified atom stereocenters. The number of thioether (sulfide) groups is 2. The van der Waals surface area contributed by atoms with Crippen molar-refractivity contribution in [3.8, 4) is 5.75 Å². The van der Waals surface area contributed by atoms with E-state index in [1.54, 1.807) is 73.3 Å². The molecule has 86 heavy (non-hydrogen) atoms. The van der Waals surface area contributed by atoms with Crippen molar-refractivity contribution in [1.82, 2.24) is 52.8 Å². The molecule has 1 aliphatic heterocycles. The molecule has 15 N–H and O–H groups in total. The molecule has 3 aromatic carbocycles. The second-order valence-electron chi connectivity index (χ2n) is 19.6. The van der Waals surface area contributed by atoms with Crippen LogP contribution in [0.2, 0.25) is 0 Å². The minimum atomic E-state index is -4.94. The first-order valence-electron chi connectivity index (χ1n) is 26.6. The summed E-state index contributed by atoms with van der Waals surface area (Å²) < 4.78 is 36.2. The number of primary amides is 1. The number of carbonyl (C=O) groups is 12. The number of aromatic nitrogens is 1. The van der Waals surface area contributed by atoms with Gasteiger partial charge in [0.05, 0.1) is 19.4 Å². The molecule has 0 saturated carbocycles. The maximum Gasteiger partial charge on any atom is 0.446 e. The van der Waals surface area contributed by atoms with Crippen LogP contribution in [0.3, 0.4) is 0 Å². The lowest BCUT2D eigenvalue weighted by molar-refractivity contribution is -0.142. The molecule has 4 aromatic rings. The highest BCUT2D eigenvalue weighted by Crippen LogP contribution is 2.20. The number of carboxylic acids is 2. The highest BCUT2D eigenvalue weighted by molar-refractivity contribution is 7.98. The fraction of sp³-hybridized carbons (Fsp3) is 0.407. The molecule has 0 spiro atoms. The van der Waals surface area contributed by atoms with Gasteiger partial charge in [0.1, 0.15) is 54.1 Å². The smallest absolute Gasteiger partial charge is 0.446 e. The maximum absolute atomic E-state index is 14.4. The number of hydrogen-bond acceptors (Lipinski definition) is 17. The molecule has 5 rings (SSSR count). The predicted octanol–water partition coefficient (Wildman–Crippen LogP) is -1.89. The number of fused-ring (bicyclic) bond motifs is 1. The number of nitrogens with two attached hydrogens (primary N) is 1. The number of carboxylic acid groups (broad SMARTS) is 2. The van der Waals surface area contributed by atoms with Crippen molar-refractivity contribution in [3.05, 3.63) is 102 Å². The zero-order valence-corrected chi connectivity index (χ0v) is 48.9. The summed E-state index contributed by atoms with van der Waals surface area (Å²) in [6.45, 7) is -0.808. The molecule has 8 atom stereocenters. The van der Waals surface area contributed by atoms with E-state index in [-0.39, 0.29) is 61.3 Å². The number of hydrogen-bond donors (Lipinski definition) is 14. The third-order valence-corrected chi connectivity index (χ3v) is 14.8. The molecular formula is C54H67N11O18S3. The number of nitrogens with one attached hydrogen (secondary N) is 10. The Labute approximate surface area is 501 Å². The molecule has 1 fully saturated rings. The van der Waals surface area contributed by atoms with E-state index in [1.807, 2.05) is 0 Å². The van der Waals surface area contributed by atoms with Crippen molar-refractivity contribution >= 4 is 116 Å². The van der Waals surface area contributed by atoms with Gasteiger partial charge in [-0.3, -0.25) is 62.1 Å². The molecule has 32 heteroatoms. The number of amides is 10. The number of H-pyrrole nitrogens is 1. The summed E-state index contributed by atoms with van der Waals surface area (Å²) in [4.78, 5) is 162. The lowest BCUT2D eigenvalue weighted by Gasteiger charge is -2.26.